The summed E-state index contributed by atoms with van der Waals surface area (Å²) in [4.78, 5) is 14.5. The highest BCUT2D eigenvalue weighted by Gasteiger charge is 2.33. The molecule has 1 fully saturated rings. The van der Waals surface area contributed by atoms with Crippen molar-refractivity contribution < 1.29 is 9.53 Å². The predicted octanol–water partition coefficient (Wildman–Crippen LogP) is 3.09. The number of carbonyl (C=O) groups excluding carboxylic acids is 1. The van der Waals surface area contributed by atoms with Gasteiger partial charge in [0, 0.05) is 26.2 Å². The number of halogens is 1. The van der Waals surface area contributed by atoms with Crippen molar-refractivity contribution in [3.63, 3.8) is 0 Å². The Balaban J connectivity index is 0.00000264. The SMILES string of the molecule is COC(CN)CC(=O)N(Cc1ccc(C(C)C)cc1)C1CC1.Cl. The molecule has 5 heteroatoms. The van der Waals surface area contributed by atoms with Gasteiger partial charge in [0.15, 0.2) is 0 Å². The Labute approximate surface area is 145 Å². The number of ether oxygens (including phenoxy) is 1. The first-order valence-corrected chi connectivity index (χ1v) is 8.16. The summed E-state index contributed by atoms with van der Waals surface area (Å²) in [6.07, 6.45) is 2.40. The number of hydrogen-bond donors (Lipinski definition) is 1. The number of carbonyl (C=O) groups is 1. The molecule has 23 heavy (non-hydrogen) atoms. The number of rotatable bonds is 8. The fourth-order valence-electron chi connectivity index (χ4n) is 2.59. The first kappa shape index (κ1) is 19.9. The van der Waals surface area contributed by atoms with Crippen molar-refractivity contribution >= 4 is 18.3 Å². The van der Waals surface area contributed by atoms with E-state index in [-0.39, 0.29) is 24.4 Å². The molecule has 2 rings (SSSR count). The van der Waals surface area contributed by atoms with Crippen LogP contribution in [0.25, 0.3) is 0 Å². The van der Waals surface area contributed by atoms with E-state index in [1.54, 1.807) is 7.11 Å². The quantitative estimate of drug-likeness (QED) is 0.791. The van der Waals surface area contributed by atoms with E-state index < -0.39 is 0 Å². The molecular weight excluding hydrogens is 312 g/mol. The maximum absolute atomic E-state index is 12.5. The van der Waals surface area contributed by atoms with Crippen LogP contribution in [0.15, 0.2) is 24.3 Å². The van der Waals surface area contributed by atoms with Gasteiger partial charge in [0.25, 0.3) is 0 Å². The van der Waals surface area contributed by atoms with Crippen molar-refractivity contribution in [1.82, 2.24) is 4.90 Å². The van der Waals surface area contributed by atoms with Crippen LogP contribution in [-0.2, 0) is 16.1 Å². The molecule has 0 aromatic heterocycles. The van der Waals surface area contributed by atoms with Crippen LogP contribution in [0, 0.1) is 0 Å². The minimum absolute atomic E-state index is 0. The van der Waals surface area contributed by atoms with Gasteiger partial charge in [0.05, 0.1) is 12.5 Å². The summed E-state index contributed by atoms with van der Waals surface area (Å²) < 4.78 is 5.24. The molecule has 1 amide bonds. The van der Waals surface area contributed by atoms with Crippen LogP contribution in [0.3, 0.4) is 0 Å². The normalized spacial score (nSPS) is 15.2. The molecule has 0 saturated heterocycles. The third-order valence-corrected chi connectivity index (χ3v) is 4.31. The highest BCUT2D eigenvalue weighted by atomic mass is 35.5. The molecule has 130 valence electrons. The van der Waals surface area contributed by atoms with Gasteiger partial charge in [-0.15, -0.1) is 12.4 Å². The number of nitrogens with two attached hydrogens (primary N) is 1. The molecule has 1 atom stereocenters. The van der Waals surface area contributed by atoms with Gasteiger partial charge in [-0.3, -0.25) is 4.79 Å². The predicted molar refractivity (Wildman–Crippen MR) is 95.8 cm³/mol. The summed E-state index contributed by atoms with van der Waals surface area (Å²) in [5.74, 6) is 0.676. The molecule has 1 saturated carbocycles. The summed E-state index contributed by atoms with van der Waals surface area (Å²) in [5.41, 5.74) is 8.14. The van der Waals surface area contributed by atoms with Crippen LogP contribution < -0.4 is 5.73 Å². The van der Waals surface area contributed by atoms with Crippen LogP contribution in [0.4, 0.5) is 0 Å². The molecule has 0 aliphatic heterocycles. The van der Waals surface area contributed by atoms with Gasteiger partial charge in [0.2, 0.25) is 5.91 Å². The van der Waals surface area contributed by atoms with Gasteiger partial charge in [0.1, 0.15) is 0 Å². The molecule has 0 heterocycles. The van der Waals surface area contributed by atoms with Crippen molar-refractivity contribution in [2.75, 3.05) is 13.7 Å². The molecule has 1 aromatic rings. The number of hydrogen-bond acceptors (Lipinski definition) is 3. The maximum Gasteiger partial charge on any atom is 0.225 e. The summed E-state index contributed by atoms with van der Waals surface area (Å²) in [6.45, 7) is 5.44. The zero-order valence-corrected chi connectivity index (χ0v) is 15.1. The summed E-state index contributed by atoms with van der Waals surface area (Å²) in [5, 5.41) is 0. The molecule has 1 aliphatic rings. The van der Waals surface area contributed by atoms with Gasteiger partial charge in [-0.25, -0.2) is 0 Å². The zero-order chi connectivity index (χ0) is 16.1. The van der Waals surface area contributed by atoms with E-state index in [1.807, 2.05) is 4.90 Å². The Kier molecular flexibility index (Phi) is 8.03. The van der Waals surface area contributed by atoms with Gasteiger partial charge >= 0.3 is 0 Å². The highest BCUT2D eigenvalue weighted by Crippen LogP contribution is 2.29. The lowest BCUT2D eigenvalue weighted by Crippen LogP contribution is -2.37. The van der Waals surface area contributed by atoms with Gasteiger partial charge < -0.3 is 15.4 Å². The molecule has 1 unspecified atom stereocenters. The van der Waals surface area contributed by atoms with Crippen LogP contribution in [0.1, 0.15) is 50.2 Å². The fraction of sp³-hybridized carbons (Fsp3) is 0.611. The van der Waals surface area contributed by atoms with Gasteiger partial charge in [-0.1, -0.05) is 38.1 Å². The zero-order valence-electron chi connectivity index (χ0n) is 14.3. The molecule has 2 N–H and O–H groups in total. The van der Waals surface area contributed by atoms with Gasteiger partial charge in [-0.2, -0.15) is 0 Å². The van der Waals surface area contributed by atoms with E-state index in [4.69, 9.17) is 10.5 Å². The Morgan fingerprint density at radius 1 is 1.30 bits per heavy atom. The smallest absolute Gasteiger partial charge is 0.225 e. The minimum atomic E-state index is -0.183. The van der Waals surface area contributed by atoms with Crippen molar-refractivity contribution in [1.29, 1.82) is 0 Å². The average Bonchev–Trinajstić information content (AvgIpc) is 3.35. The lowest BCUT2D eigenvalue weighted by Gasteiger charge is -2.25. The van der Waals surface area contributed by atoms with Crippen molar-refractivity contribution in [2.45, 2.75) is 57.7 Å². The van der Waals surface area contributed by atoms with Crippen molar-refractivity contribution in [2.24, 2.45) is 5.73 Å². The Hall–Kier alpha value is -1.10. The standard InChI is InChI=1S/C18H28N2O2.ClH/c1-13(2)15-6-4-14(5-7-15)12-20(16-8-9-16)18(21)10-17(11-19)22-3;/h4-7,13,16-17H,8-12,19H2,1-3H3;1H. The molecule has 1 aliphatic carbocycles. The molecule has 0 spiro atoms. The number of benzene rings is 1. The van der Waals surface area contributed by atoms with E-state index in [0.29, 0.717) is 31.5 Å². The van der Waals surface area contributed by atoms with E-state index in [1.165, 1.54) is 11.1 Å². The molecular formula is C18H29ClN2O2. The Morgan fingerprint density at radius 3 is 2.35 bits per heavy atom. The molecule has 0 bridgehead atoms. The van der Waals surface area contributed by atoms with Crippen molar-refractivity contribution in [3.05, 3.63) is 35.4 Å². The monoisotopic (exact) mass is 340 g/mol. The van der Waals surface area contributed by atoms with Crippen LogP contribution in [-0.4, -0.2) is 36.6 Å². The topological polar surface area (TPSA) is 55.6 Å². The lowest BCUT2D eigenvalue weighted by atomic mass is 10.0. The highest BCUT2D eigenvalue weighted by molar-refractivity contribution is 5.85. The summed E-state index contributed by atoms with van der Waals surface area (Å²) >= 11 is 0. The molecule has 1 aromatic carbocycles. The lowest BCUT2D eigenvalue weighted by molar-refractivity contribution is -0.134. The number of amides is 1. The van der Waals surface area contributed by atoms with E-state index >= 15 is 0 Å². The first-order chi connectivity index (χ1) is 10.5. The third kappa shape index (κ3) is 5.79. The van der Waals surface area contributed by atoms with Crippen LogP contribution >= 0.6 is 12.4 Å². The molecule has 0 radical (unpaired) electrons. The van der Waals surface area contributed by atoms with Crippen molar-refractivity contribution in [3.8, 4) is 0 Å². The van der Waals surface area contributed by atoms with Gasteiger partial charge in [-0.05, 0) is 29.9 Å². The molecule has 4 nitrogen and oxygen atoms in total. The van der Waals surface area contributed by atoms with E-state index in [0.717, 1.165) is 12.8 Å². The third-order valence-electron chi connectivity index (χ3n) is 4.31. The number of methoxy groups -OCH3 is 1. The second-order valence-corrected chi connectivity index (χ2v) is 6.45. The fourth-order valence-corrected chi connectivity index (χ4v) is 2.59. The first-order valence-electron chi connectivity index (χ1n) is 8.16. The van der Waals surface area contributed by atoms with Crippen LogP contribution in [0.2, 0.25) is 0 Å². The maximum atomic E-state index is 12.5. The summed E-state index contributed by atoms with van der Waals surface area (Å²) in [6, 6.07) is 8.98. The minimum Gasteiger partial charge on any atom is -0.380 e. The second kappa shape index (κ2) is 9.26. The van der Waals surface area contributed by atoms with Crippen LogP contribution in [0.5, 0.6) is 0 Å². The largest absolute Gasteiger partial charge is 0.380 e. The number of nitrogens with zero attached hydrogens (tertiary/aromatic N) is 1. The Morgan fingerprint density at radius 2 is 1.91 bits per heavy atom. The second-order valence-electron chi connectivity index (χ2n) is 6.45. The Bertz CT molecular complexity index is 482. The van der Waals surface area contributed by atoms with E-state index in [2.05, 4.69) is 38.1 Å². The average molecular weight is 341 g/mol. The summed E-state index contributed by atoms with van der Waals surface area (Å²) in [7, 11) is 1.61. The van der Waals surface area contributed by atoms with E-state index in [9.17, 15) is 4.79 Å².